The van der Waals surface area contributed by atoms with E-state index in [1.165, 1.54) is 0 Å². The first-order valence-corrected chi connectivity index (χ1v) is 10.6. The number of carbonyl (C=O) groups excluding carboxylic acids is 1. The Bertz CT molecular complexity index is 1530. The number of nitrogens with zero attached hydrogens (tertiary/aromatic N) is 4. The van der Waals surface area contributed by atoms with Gasteiger partial charge in [0.1, 0.15) is 5.75 Å². The zero-order chi connectivity index (χ0) is 23.1. The van der Waals surface area contributed by atoms with Gasteiger partial charge in [-0.2, -0.15) is 5.10 Å². The third kappa shape index (κ3) is 3.47. The Balaban J connectivity index is 1.60. The molecule has 0 aliphatic carbocycles. The van der Waals surface area contributed by atoms with Crippen LogP contribution in [-0.4, -0.2) is 32.8 Å². The van der Waals surface area contributed by atoms with Gasteiger partial charge >= 0.3 is 0 Å². The van der Waals surface area contributed by atoms with E-state index in [1.807, 2.05) is 57.2 Å². The molecule has 0 saturated carbocycles. The summed E-state index contributed by atoms with van der Waals surface area (Å²) in [5.41, 5.74) is 5.79. The Morgan fingerprint density at radius 1 is 0.970 bits per heavy atom. The number of aromatic nitrogens is 4. The molecule has 2 aromatic heterocycles. The van der Waals surface area contributed by atoms with Crippen LogP contribution < -0.4 is 10.1 Å². The summed E-state index contributed by atoms with van der Waals surface area (Å²) in [5.74, 6) is 0.208. The molecule has 0 spiro atoms. The van der Waals surface area contributed by atoms with Gasteiger partial charge in [-0.3, -0.25) is 4.79 Å². The average molecular weight is 438 g/mol. The third-order valence-electron chi connectivity index (χ3n) is 5.82. The average Bonchev–Trinajstić information content (AvgIpc) is 3.15. The minimum absolute atomic E-state index is 0.207. The Labute approximate surface area is 191 Å². The molecule has 5 rings (SSSR count). The summed E-state index contributed by atoms with van der Waals surface area (Å²) in [6, 6.07) is 20.0. The molecule has 0 bridgehead atoms. The topological polar surface area (TPSA) is 81.4 Å². The molecule has 0 fully saturated rings. The number of fused-ring (bicyclic) bond motifs is 2. The van der Waals surface area contributed by atoms with Crippen molar-refractivity contribution in [3.8, 4) is 16.9 Å². The van der Waals surface area contributed by atoms with E-state index in [0.717, 1.165) is 33.2 Å². The molecular formula is C26H23N5O2. The molecular weight excluding hydrogens is 414 g/mol. The smallest absolute Gasteiger partial charge is 0.278 e. The van der Waals surface area contributed by atoms with Crippen LogP contribution in [0.1, 0.15) is 27.4 Å². The van der Waals surface area contributed by atoms with E-state index in [-0.39, 0.29) is 11.6 Å². The minimum atomic E-state index is -0.370. The maximum absolute atomic E-state index is 13.1. The van der Waals surface area contributed by atoms with Crippen molar-refractivity contribution >= 4 is 28.0 Å². The van der Waals surface area contributed by atoms with Crippen LogP contribution in [-0.2, 0) is 0 Å². The van der Waals surface area contributed by atoms with Crippen LogP contribution in [0, 0.1) is 20.8 Å². The number of benzene rings is 3. The largest absolute Gasteiger partial charge is 0.495 e. The highest BCUT2D eigenvalue weighted by Crippen LogP contribution is 2.33. The van der Waals surface area contributed by atoms with Crippen LogP contribution in [0.2, 0.25) is 0 Å². The first-order valence-electron chi connectivity index (χ1n) is 10.6. The Kier molecular flexibility index (Phi) is 5.01. The number of aryl methyl sites for hydroxylation is 3. The summed E-state index contributed by atoms with van der Waals surface area (Å²) >= 11 is 0. The van der Waals surface area contributed by atoms with Crippen molar-refractivity contribution in [1.29, 1.82) is 0 Å². The van der Waals surface area contributed by atoms with Crippen LogP contribution in [0.5, 0.6) is 5.75 Å². The predicted octanol–water partition coefficient (Wildman–Crippen LogP) is 5.13. The lowest BCUT2D eigenvalue weighted by Gasteiger charge is -2.12. The van der Waals surface area contributed by atoms with Crippen molar-refractivity contribution in [2.75, 3.05) is 12.4 Å². The fourth-order valence-electron chi connectivity index (χ4n) is 4.18. The summed E-state index contributed by atoms with van der Waals surface area (Å²) in [5, 5.41) is 18.6. The lowest BCUT2D eigenvalue weighted by atomic mass is 9.98. The number of rotatable bonds is 4. The van der Waals surface area contributed by atoms with Gasteiger partial charge < -0.3 is 10.1 Å². The van der Waals surface area contributed by atoms with Crippen molar-refractivity contribution in [2.24, 2.45) is 0 Å². The predicted molar refractivity (Wildman–Crippen MR) is 129 cm³/mol. The third-order valence-corrected chi connectivity index (χ3v) is 5.82. The maximum Gasteiger partial charge on any atom is 0.278 e. The highest BCUT2D eigenvalue weighted by Gasteiger charge is 2.22. The Hall–Kier alpha value is -4.26. The summed E-state index contributed by atoms with van der Waals surface area (Å²) < 4.78 is 7.07. The summed E-state index contributed by atoms with van der Waals surface area (Å²) in [7, 11) is 1.57. The van der Waals surface area contributed by atoms with E-state index in [2.05, 4.69) is 39.8 Å². The molecule has 1 amide bonds. The summed E-state index contributed by atoms with van der Waals surface area (Å²) in [4.78, 5) is 13.1. The van der Waals surface area contributed by atoms with Gasteiger partial charge in [-0.25, -0.2) is 4.52 Å². The van der Waals surface area contributed by atoms with E-state index in [0.29, 0.717) is 22.8 Å². The highest BCUT2D eigenvalue weighted by molar-refractivity contribution is 6.05. The number of carbonyl (C=O) groups is 1. The quantitative estimate of drug-likeness (QED) is 0.421. The van der Waals surface area contributed by atoms with Gasteiger partial charge in [0.2, 0.25) is 0 Å². The van der Waals surface area contributed by atoms with Crippen molar-refractivity contribution in [3.63, 3.8) is 0 Å². The van der Waals surface area contributed by atoms with E-state index in [1.54, 1.807) is 11.6 Å². The molecule has 0 radical (unpaired) electrons. The van der Waals surface area contributed by atoms with Crippen LogP contribution in [0.25, 0.3) is 27.5 Å². The zero-order valence-electron chi connectivity index (χ0n) is 18.9. The minimum Gasteiger partial charge on any atom is -0.495 e. The Morgan fingerprint density at radius 2 is 1.76 bits per heavy atom. The normalized spacial score (nSPS) is 11.2. The number of anilines is 1. The zero-order valence-corrected chi connectivity index (χ0v) is 18.9. The van der Waals surface area contributed by atoms with E-state index in [9.17, 15) is 4.79 Å². The van der Waals surface area contributed by atoms with Gasteiger partial charge in [-0.05, 0) is 54.8 Å². The number of nitrogens with one attached hydrogen (secondary N) is 1. The van der Waals surface area contributed by atoms with Crippen LogP contribution >= 0.6 is 0 Å². The van der Waals surface area contributed by atoms with Crippen molar-refractivity contribution < 1.29 is 9.53 Å². The highest BCUT2D eigenvalue weighted by atomic mass is 16.5. The first kappa shape index (κ1) is 20.6. The van der Waals surface area contributed by atoms with E-state index >= 15 is 0 Å². The summed E-state index contributed by atoms with van der Waals surface area (Å²) in [6.45, 7) is 5.72. The lowest BCUT2D eigenvalue weighted by molar-refractivity contribution is 0.101. The monoisotopic (exact) mass is 437 g/mol. The number of hydrogen-bond acceptors (Lipinski definition) is 5. The number of hydrogen-bond donors (Lipinski definition) is 1. The second-order valence-electron chi connectivity index (χ2n) is 8.01. The SMILES string of the molecule is COc1ccc(C)cc1NC(=O)c1nnc2c(-c3cccc4ccccc34)c(C)nn2c1C. The molecule has 33 heavy (non-hydrogen) atoms. The van der Waals surface area contributed by atoms with Gasteiger partial charge in [-0.1, -0.05) is 48.5 Å². The van der Waals surface area contributed by atoms with Crippen molar-refractivity contribution in [3.05, 3.63) is 83.3 Å². The van der Waals surface area contributed by atoms with Crippen LogP contribution in [0.15, 0.2) is 60.7 Å². The van der Waals surface area contributed by atoms with Gasteiger partial charge in [0.25, 0.3) is 5.91 Å². The van der Waals surface area contributed by atoms with Gasteiger partial charge in [0, 0.05) is 0 Å². The van der Waals surface area contributed by atoms with Crippen LogP contribution in [0.4, 0.5) is 5.69 Å². The Morgan fingerprint density at radius 3 is 2.58 bits per heavy atom. The fraction of sp³-hybridized carbons (Fsp3) is 0.154. The lowest BCUT2D eigenvalue weighted by Crippen LogP contribution is -2.19. The van der Waals surface area contributed by atoms with Gasteiger partial charge in [-0.15, -0.1) is 10.2 Å². The molecule has 0 aliphatic heterocycles. The fourth-order valence-corrected chi connectivity index (χ4v) is 4.18. The number of amides is 1. The molecule has 0 saturated heterocycles. The molecule has 7 heteroatoms. The molecule has 2 heterocycles. The molecule has 0 aliphatic rings. The van der Waals surface area contributed by atoms with Crippen molar-refractivity contribution in [2.45, 2.75) is 20.8 Å². The number of methoxy groups -OCH3 is 1. The molecule has 164 valence electrons. The summed E-state index contributed by atoms with van der Waals surface area (Å²) in [6.07, 6.45) is 0. The second-order valence-corrected chi connectivity index (χ2v) is 8.01. The number of ether oxygens (including phenoxy) is 1. The molecule has 0 unspecified atom stereocenters. The van der Waals surface area contributed by atoms with Gasteiger partial charge in [0.15, 0.2) is 11.3 Å². The van der Waals surface area contributed by atoms with E-state index < -0.39 is 0 Å². The molecule has 3 aromatic carbocycles. The van der Waals surface area contributed by atoms with Crippen LogP contribution in [0.3, 0.4) is 0 Å². The molecule has 5 aromatic rings. The van der Waals surface area contributed by atoms with Gasteiger partial charge in [0.05, 0.1) is 29.7 Å². The van der Waals surface area contributed by atoms with Crippen molar-refractivity contribution in [1.82, 2.24) is 19.8 Å². The first-order chi connectivity index (χ1) is 16.0. The standard InChI is InChI=1S/C26H23N5O2/c1-15-12-13-22(33-4)21(14-15)27-26(32)24-17(3)31-25(29-28-24)23(16(2)30-31)20-11-7-9-18-8-5-6-10-19(18)20/h5-14H,1-4H3,(H,27,32). The molecule has 7 nitrogen and oxygen atoms in total. The maximum atomic E-state index is 13.1. The molecule has 0 atom stereocenters. The second kappa shape index (κ2) is 8.02. The molecule has 1 N–H and O–H groups in total. The van der Waals surface area contributed by atoms with E-state index in [4.69, 9.17) is 9.84 Å².